The van der Waals surface area contributed by atoms with E-state index >= 15 is 0 Å². The number of nitrogens with zero attached hydrogens (tertiary/aromatic N) is 2. The van der Waals surface area contributed by atoms with Gasteiger partial charge < -0.3 is 20.0 Å². The van der Waals surface area contributed by atoms with E-state index in [1.807, 2.05) is 0 Å². The molecule has 1 aromatic rings. The number of aliphatic hydroxyl groups is 1. The van der Waals surface area contributed by atoms with Crippen LogP contribution in [0.2, 0.25) is 0 Å². The number of pyridine rings is 1. The van der Waals surface area contributed by atoms with Crippen molar-refractivity contribution in [2.75, 3.05) is 0 Å². The van der Waals surface area contributed by atoms with Crippen molar-refractivity contribution in [1.82, 2.24) is 4.98 Å². The summed E-state index contributed by atoms with van der Waals surface area (Å²) in [5.74, 6) is -1.57. The summed E-state index contributed by atoms with van der Waals surface area (Å²) in [5, 5.41) is 19.2. The molecule has 0 radical (unpaired) electrons. The zero-order chi connectivity index (χ0) is 13.2. The normalized spacial score (nSPS) is 11.4. The minimum Gasteiger partial charge on any atom is -0.405 e. The monoisotopic (exact) mass is 252 g/mol. The molecule has 0 aromatic carbocycles. The first kappa shape index (κ1) is 13.2. The Balaban J connectivity index is 3.28. The Bertz CT molecular complexity index is 447. The molecule has 0 atom stereocenters. The highest BCUT2D eigenvalue weighted by Crippen LogP contribution is 2.30. The summed E-state index contributed by atoms with van der Waals surface area (Å²) in [6.07, 6.45) is -4.97. The first-order valence-electron chi connectivity index (χ1n) is 4.26. The van der Waals surface area contributed by atoms with E-state index in [4.69, 9.17) is 5.11 Å². The van der Waals surface area contributed by atoms with E-state index in [1.54, 1.807) is 0 Å². The Kier molecular flexibility index (Phi) is 3.51. The van der Waals surface area contributed by atoms with E-state index in [0.717, 1.165) is 0 Å². The van der Waals surface area contributed by atoms with Gasteiger partial charge in [0.05, 0.1) is 6.07 Å². The van der Waals surface area contributed by atoms with Gasteiger partial charge in [-0.3, -0.25) is 0 Å². The third kappa shape index (κ3) is 3.28. The SMILES string of the molecule is Cc1c(OC(F)(F)F)cc([N+](=O)[O-])nc1CO. The molecular weight excluding hydrogens is 245 g/mol. The molecular formula is C8H7F3N2O4. The molecule has 0 unspecified atom stereocenters. The molecule has 0 spiro atoms. The number of rotatable bonds is 3. The highest BCUT2D eigenvalue weighted by atomic mass is 19.4. The molecule has 9 heteroatoms. The molecule has 0 bridgehead atoms. The number of halogens is 3. The molecule has 0 aliphatic heterocycles. The summed E-state index contributed by atoms with van der Waals surface area (Å²) in [5.41, 5.74) is -0.339. The van der Waals surface area contributed by atoms with Gasteiger partial charge >= 0.3 is 12.2 Å². The Morgan fingerprint density at radius 3 is 2.59 bits per heavy atom. The molecule has 1 heterocycles. The Morgan fingerprint density at radius 2 is 2.18 bits per heavy atom. The van der Waals surface area contributed by atoms with E-state index in [0.29, 0.717) is 6.07 Å². The van der Waals surface area contributed by atoms with Crippen LogP contribution in [-0.4, -0.2) is 21.4 Å². The molecule has 1 N–H and O–H groups in total. The quantitative estimate of drug-likeness (QED) is 0.653. The van der Waals surface area contributed by atoms with Gasteiger partial charge in [-0.05, 0) is 16.8 Å². The van der Waals surface area contributed by atoms with Crippen molar-refractivity contribution < 1.29 is 27.9 Å². The predicted molar refractivity (Wildman–Crippen MR) is 48.2 cm³/mol. The van der Waals surface area contributed by atoms with Gasteiger partial charge in [0, 0.05) is 5.56 Å². The van der Waals surface area contributed by atoms with Gasteiger partial charge in [0.2, 0.25) is 0 Å². The maximum atomic E-state index is 12.0. The fourth-order valence-electron chi connectivity index (χ4n) is 1.10. The van der Waals surface area contributed by atoms with Crippen molar-refractivity contribution in [3.63, 3.8) is 0 Å². The fraction of sp³-hybridized carbons (Fsp3) is 0.375. The highest BCUT2D eigenvalue weighted by molar-refractivity contribution is 5.42. The number of hydrogen-bond acceptors (Lipinski definition) is 5. The van der Waals surface area contributed by atoms with Crippen molar-refractivity contribution in [3.8, 4) is 5.75 Å². The van der Waals surface area contributed by atoms with E-state index in [-0.39, 0.29) is 11.3 Å². The van der Waals surface area contributed by atoms with Crippen LogP contribution in [0.25, 0.3) is 0 Å². The lowest BCUT2D eigenvalue weighted by Gasteiger charge is -2.11. The maximum absolute atomic E-state index is 12.0. The maximum Gasteiger partial charge on any atom is 0.573 e. The van der Waals surface area contributed by atoms with E-state index in [9.17, 15) is 23.3 Å². The van der Waals surface area contributed by atoms with E-state index in [1.165, 1.54) is 6.92 Å². The van der Waals surface area contributed by atoms with Gasteiger partial charge in [-0.1, -0.05) is 0 Å². The molecule has 0 aliphatic carbocycles. The van der Waals surface area contributed by atoms with Gasteiger partial charge in [-0.2, -0.15) is 0 Å². The van der Waals surface area contributed by atoms with E-state index in [2.05, 4.69) is 9.72 Å². The second-order valence-electron chi connectivity index (χ2n) is 3.01. The van der Waals surface area contributed by atoms with Crippen LogP contribution in [0.1, 0.15) is 11.3 Å². The minimum absolute atomic E-state index is 0.101. The fourth-order valence-corrected chi connectivity index (χ4v) is 1.10. The lowest BCUT2D eigenvalue weighted by atomic mass is 10.2. The number of hydrogen-bond donors (Lipinski definition) is 1. The molecule has 1 aromatic heterocycles. The van der Waals surface area contributed by atoms with Crippen molar-refractivity contribution >= 4 is 5.82 Å². The van der Waals surface area contributed by atoms with Crippen LogP contribution in [0.4, 0.5) is 19.0 Å². The zero-order valence-corrected chi connectivity index (χ0v) is 8.48. The third-order valence-electron chi connectivity index (χ3n) is 1.87. The topological polar surface area (TPSA) is 85.5 Å². The van der Waals surface area contributed by atoms with Crippen LogP contribution in [-0.2, 0) is 6.61 Å². The molecule has 17 heavy (non-hydrogen) atoms. The summed E-state index contributed by atoms with van der Waals surface area (Å²) < 4.78 is 39.7. The van der Waals surface area contributed by atoms with Crippen LogP contribution in [0.5, 0.6) is 5.75 Å². The standard InChI is InChI=1S/C8H7F3N2O4/c1-4-5(3-14)12-7(13(15)16)2-6(4)17-8(9,10)11/h2,14H,3H2,1H3. The first-order chi connectivity index (χ1) is 7.74. The predicted octanol–water partition coefficient (Wildman–Crippen LogP) is 1.69. The lowest BCUT2D eigenvalue weighted by molar-refractivity contribution is -0.389. The van der Waals surface area contributed by atoms with Crippen molar-refractivity contribution in [1.29, 1.82) is 0 Å². The summed E-state index contributed by atoms with van der Waals surface area (Å²) in [6, 6.07) is 0.558. The Labute approximate surface area is 92.8 Å². The number of aromatic nitrogens is 1. The van der Waals surface area contributed by atoms with Crippen LogP contribution in [0.3, 0.4) is 0 Å². The average molecular weight is 252 g/mol. The zero-order valence-electron chi connectivity index (χ0n) is 8.48. The van der Waals surface area contributed by atoms with Gasteiger partial charge in [0.15, 0.2) is 5.69 Å². The van der Waals surface area contributed by atoms with Gasteiger partial charge in [-0.15, -0.1) is 13.2 Å². The molecule has 0 amide bonds. The number of aliphatic hydroxyl groups excluding tert-OH is 1. The molecule has 0 fully saturated rings. The van der Waals surface area contributed by atoms with Gasteiger partial charge in [-0.25, -0.2) is 0 Å². The summed E-state index contributed by atoms with van der Waals surface area (Å²) in [6.45, 7) is 0.491. The summed E-state index contributed by atoms with van der Waals surface area (Å²) in [7, 11) is 0. The van der Waals surface area contributed by atoms with Crippen LogP contribution in [0, 0.1) is 17.0 Å². The first-order valence-corrected chi connectivity index (χ1v) is 4.26. The highest BCUT2D eigenvalue weighted by Gasteiger charge is 2.33. The molecule has 0 saturated carbocycles. The second kappa shape index (κ2) is 4.53. The average Bonchev–Trinajstić information content (AvgIpc) is 2.18. The number of alkyl halides is 3. The second-order valence-corrected chi connectivity index (χ2v) is 3.01. The Morgan fingerprint density at radius 1 is 1.59 bits per heavy atom. The molecule has 1 rings (SSSR count). The number of nitro groups is 1. The molecule has 0 aliphatic rings. The molecule has 6 nitrogen and oxygen atoms in total. The minimum atomic E-state index is -4.97. The summed E-state index contributed by atoms with van der Waals surface area (Å²) in [4.78, 5) is 12.8. The van der Waals surface area contributed by atoms with Crippen LogP contribution < -0.4 is 4.74 Å². The summed E-state index contributed by atoms with van der Waals surface area (Å²) >= 11 is 0. The Hall–Kier alpha value is -1.90. The third-order valence-corrected chi connectivity index (χ3v) is 1.87. The lowest BCUT2D eigenvalue weighted by Crippen LogP contribution is -2.18. The molecule has 94 valence electrons. The molecule has 0 saturated heterocycles. The van der Waals surface area contributed by atoms with E-state index < -0.39 is 29.5 Å². The smallest absolute Gasteiger partial charge is 0.405 e. The van der Waals surface area contributed by atoms with Crippen LogP contribution in [0.15, 0.2) is 6.07 Å². The van der Waals surface area contributed by atoms with Gasteiger partial charge in [0.25, 0.3) is 0 Å². The van der Waals surface area contributed by atoms with Crippen molar-refractivity contribution in [2.24, 2.45) is 0 Å². The van der Waals surface area contributed by atoms with Crippen molar-refractivity contribution in [2.45, 2.75) is 19.9 Å². The van der Waals surface area contributed by atoms with Crippen molar-refractivity contribution in [3.05, 3.63) is 27.4 Å². The largest absolute Gasteiger partial charge is 0.573 e. The number of ether oxygens (including phenoxy) is 1. The van der Waals surface area contributed by atoms with Gasteiger partial charge in [0.1, 0.15) is 12.4 Å². The van der Waals surface area contributed by atoms with Crippen LogP contribution >= 0.6 is 0 Å².